The topological polar surface area (TPSA) is 85.9 Å². The van der Waals surface area contributed by atoms with Crippen LogP contribution in [0.1, 0.15) is 29.6 Å². The van der Waals surface area contributed by atoms with Crippen LogP contribution in [0.4, 0.5) is 0 Å². The predicted octanol–water partition coefficient (Wildman–Crippen LogP) is 0.0643. The van der Waals surface area contributed by atoms with E-state index in [0.717, 1.165) is 19.5 Å². The second kappa shape index (κ2) is 7.46. The summed E-state index contributed by atoms with van der Waals surface area (Å²) in [6, 6.07) is 2.91. The lowest BCUT2D eigenvalue weighted by molar-refractivity contribution is -0.0389. The third-order valence-corrected chi connectivity index (χ3v) is 4.86. The van der Waals surface area contributed by atoms with Crippen LogP contribution < -0.4 is 5.56 Å². The number of morpholine rings is 1. The van der Waals surface area contributed by atoms with Crippen LogP contribution in [-0.2, 0) is 4.74 Å². The van der Waals surface area contributed by atoms with Crippen LogP contribution in [0, 0.1) is 0 Å². The smallest absolute Gasteiger partial charge is 0.255 e. The van der Waals surface area contributed by atoms with E-state index >= 15 is 0 Å². The maximum atomic E-state index is 12.6. The summed E-state index contributed by atoms with van der Waals surface area (Å²) < 4.78 is 5.35. The number of nitrogens with one attached hydrogen (secondary N) is 1. The number of carbonyl (C=O) groups excluding carboxylic acids is 1. The minimum Gasteiger partial charge on any atom is -0.388 e. The van der Waals surface area contributed by atoms with Gasteiger partial charge in [-0.05, 0) is 25.3 Å². The highest BCUT2D eigenvalue weighted by atomic mass is 16.5. The van der Waals surface area contributed by atoms with Gasteiger partial charge in [-0.3, -0.25) is 14.5 Å². The number of aromatic amines is 1. The molecule has 2 N–H and O–H groups in total. The van der Waals surface area contributed by atoms with Gasteiger partial charge in [-0.25, -0.2) is 0 Å². The van der Waals surface area contributed by atoms with Crippen molar-refractivity contribution in [1.29, 1.82) is 0 Å². The summed E-state index contributed by atoms with van der Waals surface area (Å²) in [4.78, 5) is 30.2. The number of rotatable bonds is 3. The Morgan fingerprint density at radius 1 is 1.21 bits per heavy atom. The zero-order valence-corrected chi connectivity index (χ0v) is 13.9. The fourth-order valence-electron chi connectivity index (χ4n) is 3.44. The third-order valence-electron chi connectivity index (χ3n) is 4.86. The van der Waals surface area contributed by atoms with Crippen molar-refractivity contribution < 1.29 is 14.6 Å². The highest BCUT2D eigenvalue weighted by Gasteiger charge is 2.33. The van der Waals surface area contributed by atoms with E-state index in [1.54, 1.807) is 11.0 Å². The van der Waals surface area contributed by atoms with Crippen LogP contribution in [0.5, 0.6) is 0 Å². The van der Waals surface area contributed by atoms with Crippen LogP contribution in [0.2, 0.25) is 0 Å². The first kappa shape index (κ1) is 17.1. The number of nitrogens with zero attached hydrogens (tertiary/aromatic N) is 2. The van der Waals surface area contributed by atoms with E-state index < -0.39 is 5.60 Å². The predicted molar refractivity (Wildman–Crippen MR) is 89.0 cm³/mol. The van der Waals surface area contributed by atoms with Gasteiger partial charge in [-0.1, -0.05) is 0 Å². The van der Waals surface area contributed by atoms with E-state index in [4.69, 9.17) is 4.74 Å². The van der Waals surface area contributed by atoms with Crippen molar-refractivity contribution in [3.8, 4) is 0 Å². The molecule has 0 bridgehead atoms. The van der Waals surface area contributed by atoms with Crippen molar-refractivity contribution in [2.75, 3.05) is 45.9 Å². The Hall–Kier alpha value is -1.70. The van der Waals surface area contributed by atoms with Crippen LogP contribution >= 0.6 is 0 Å². The number of aliphatic hydroxyl groups is 1. The molecule has 2 fully saturated rings. The summed E-state index contributed by atoms with van der Waals surface area (Å²) >= 11 is 0. The maximum absolute atomic E-state index is 12.6. The van der Waals surface area contributed by atoms with Gasteiger partial charge in [0.25, 0.3) is 5.91 Å². The zero-order chi connectivity index (χ0) is 17.0. The number of carbonyl (C=O) groups is 1. The Bertz CT molecular complexity index is 606. The number of hydrogen-bond donors (Lipinski definition) is 2. The summed E-state index contributed by atoms with van der Waals surface area (Å²) in [5.41, 5.74) is -0.493. The second-order valence-corrected chi connectivity index (χ2v) is 6.70. The van der Waals surface area contributed by atoms with Gasteiger partial charge in [0.15, 0.2) is 0 Å². The second-order valence-electron chi connectivity index (χ2n) is 6.70. The summed E-state index contributed by atoms with van der Waals surface area (Å²) in [6.07, 6.45) is 3.49. The number of amides is 1. The molecule has 1 atom stereocenters. The Balaban J connectivity index is 1.60. The molecule has 2 aliphatic heterocycles. The fraction of sp³-hybridized carbons (Fsp3) is 0.647. The molecule has 0 radical (unpaired) electrons. The van der Waals surface area contributed by atoms with Gasteiger partial charge in [0, 0.05) is 45.0 Å². The molecule has 1 amide bonds. The highest BCUT2D eigenvalue weighted by molar-refractivity contribution is 5.93. The molecule has 0 unspecified atom stereocenters. The summed E-state index contributed by atoms with van der Waals surface area (Å²) in [6.45, 7) is 4.92. The van der Waals surface area contributed by atoms with Gasteiger partial charge in [-0.2, -0.15) is 0 Å². The molecule has 0 spiro atoms. The highest BCUT2D eigenvalue weighted by Crippen LogP contribution is 2.24. The van der Waals surface area contributed by atoms with Gasteiger partial charge < -0.3 is 19.7 Å². The molecule has 2 saturated heterocycles. The molecule has 2 aliphatic rings. The van der Waals surface area contributed by atoms with E-state index in [2.05, 4.69) is 9.88 Å². The standard InChI is InChI=1S/C17H25N3O4/c21-15-3-2-14(12-18-15)16(22)20-6-1-4-17(23,5-7-20)13-19-8-10-24-11-9-19/h2-3,12,23H,1,4-11,13H2,(H,18,21)/t17-/m1/s1. The van der Waals surface area contributed by atoms with Gasteiger partial charge in [-0.15, -0.1) is 0 Å². The molecule has 3 rings (SSSR count). The molecular weight excluding hydrogens is 310 g/mol. The minimum atomic E-state index is -0.753. The average Bonchev–Trinajstić information content (AvgIpc) is 2.78. The van der Waals surface area contributed by atoms with Gasteiger partial charge in [0.1, 0.15) is 0 Å². The average molecular weight is 335 g/mol. The van der Waals surface area contributed by atoms with Crippen LogP contribution in [0.15, 0.2) is 23.1 Å². The van der Waals surface area contributed by atoms with E-state index in [-0.39, 0.29) is 11.5 Å². The number of β-amino-alcohol motifs (C(OH)–C–C–N with tert-alkyl or cyclic N) is 1. The molecule has 132 valence electrons. The van der Waals surface area contributed by atoms with Crippen LogP contribution in [0.3, 0.4) is 0 Å². The lowest BCUT2D eigenvalue weighted by Gasteiger charge is -2.35. The molecular formula is C17H25N3O4. The van der Waals surface area contributed by atoms with E-state index in [9.17, 15) is 14.7 Å². The van der Waals surface area contributed by atoms with Crippen molar-refractivity contribution in [3.63, 3.8) is 0 Å². The van der Waals surface area contributed by atoms with E-state index in [1.807, 2.05) is 0 Å². The lowest BCUT2D eigenvalue weighted by Crippen LogP contribution is -2.48. The monoisotopic (exact) mass is 335 g/mol. The fourth-order valence-corrected chi connectivity index (χ4v) is 3.44. The summed E-state index contributed by atoms with van der Waals surface area (Å²) in [5.74, 6) is -0.0955. The first-order valence-electron chi connectivity index (χ1n) is 8.56. The molecule has 1 aromatic rings. The number of likely N-dealkylation sites (tertiary alicyclic amines) is 1. The Labute approximate surface area is 141 Å². The molecule has 7 nitrogen and oxygen atoms in total. The van der Waals surface area contributed by atoms with Crippen molar-refractivity contribution in [1.82, 2.24) is 14.8 Å². The number of H-pyrrole nitrogens is 1. The molecule has 7 heteroatoms. The number of pyridine rings is 1. The summed E-state index contributed by atoms with van der Waals surface area (Å²) in [5, 5.41) is 10.9. The van der Waals surface area contributed by atoms with Crippen molar-refractivity contribution in [2.45, 2.75) is 24.9 Å². The zero-order valence-electron chi connectivity index (χ0n) is 13.9. The maximum Gasteiger partial charge on any atom is 0.255 e. The molecule has 3 heterocycles. The largest absolute Gasteiger partial charge is 0.388 e. The number of ether oxygens (including phenoxy) is 1. The Morgan fingerprint density at radius 3 is 2.71 bits per heavy atom. The Kier molecular flexibility index (Phi) is 5.33. The lowest BCUT2D eigenvalue weighted by atomic mass is 9.94. The molecule has 0 aliphatic carbocycles. The van der Waals surface area contributed by atoms with E-state index in [0.29, 0.717) is 51.3 Å². The van der Waals surface area contributed by atoms with Crippen LogP contribution in [0.25, 0.3) is 0 Å². The SMILES string of the molecule is O=C(c1ccc(=O)[nH]c1)N1CCC[C@](O)(CN2CCOCC2)CC1. The van der Waals surface area contributed by atoms with Crippen molar-refractivity contribution in [3.05, 3.63) is 34.2 Å². The third kappa shape index (κ3) is 4.23. The number of hydrogen-bond acceptors (Lipinski definition) is 5. The first-order chi connectivity index (χ1) is 11.6. The van der Waals surface area contributed by atoms with Crippen molar-refractivity contribution >= 4 is 5.91 Å². The van der Waals surface area contributed by atoms with E-state index in [1.165, 1.54) is 12.3 Å². The molecule has 24 heavy (non-hydrogen) atoms. The first-order valence-corrected chi connectivity index (χ1v) is 8.56. The van der Waals surface area contributed by atoms with Gasteiger partial charge >= 0.3 is 0 Å². The van der Waals surface area contributed by atoms with Crippen LogP contribution in [-0.4, -0.2) is 77.3 Å². The van der Waals surface area contributed by atoms with Gasteiger partial charge in [0.05, 0.1) is 24.4 Å². The van der Waals surface area contributed by atoms with Crippen molar-refractivity contribution in [2.24, 2.45) is 0 Å². The van der Waals surface area contributed by atoms with Gasteiger partial charge in [0.2, 0.25) is 5.56 Å². The quantitative estimate of drug-likeness (QED) is 0.816. The summed E-state index contributed by atoms with van der Waals surface area (Å²) in [7, 11) is 0. The molecule has 0 saturated carbocycles. The molecule has 0 aromatic carbocycles. The number of aromatic nitrogens is 1. The minimum absolute atomic E-state index is 0.0955. The Morgan fingerprint density at radius 2 is 2.00 bits per heavy atom. The normalized spacial score (nSPS) is 26.1. The molecule has 1 aromatic heterocycles.